The monoisotopic (exact) mass is 267 g/mol. The molecule has 0 aliphatic heterocycles. The van der Waals surface area contributed by atoms with E-state index >= 15 is 0 Å². The van der Waals surface area contributed by atoms with Gasteiger partial charge in [0.15, 0.2) is 0 Å². The van der Waals surface area contributed by atoms with Crippen LogP contribution >= 0.6 is 0 Å². The number of nitrogens with one attached hydrogen (secondary N) is 1. The Morgan fingerprint density at radius 3 is 2.40 bits per heavy atom. The Morgan fingerprint density at radius 2 is 1.70 bits per heavy atom. The molecule has 20 heavy (non-hydrogen) atoms. The van der Waals surface area contributed by atoms with E-state index < -0.39 is 0 Å². The molecule has 104 valence electrons. The number of benzene rings is 2. The quantitative estimate of drug-likeness (QED) is 0.877. The van der Waals surface area contributed by atoms with Crippen LogP contribution in [0.3, 0.4) is 0 Å². The van der Waals surface area contributed by atoms with Crippen molar-refractivity contribution in [3.8, 4) is 0 Å². The lowest BCUT2D eigenvalue weighted by Gasteiger charge is -2.14. The van der Waals surface area contributed by atoms with Crippen molar-refractivity contribution in [2.75, 3.05) is 0 Å². The SMILES string of the molecule is CCC(C)NC(=O)c1ccccc1Cc1ccccc1. The van der Waals surface area contributed by atoms with Gasteiger partial charge in [-0.05, 0) is 37.0 Å². The van der Waals surface area contributed by atoms with Gasteiger partial charge in [0.2, 0.25) is 0 Å². The molecule has 0 saturated heterocycles. The second-order valence-corrected chi connectivity index (χ2v) is 5.10. The lowest BCUT2D eigenvalue weighted by molar-refractivity contribution is 0.0938. The largest absolute Gasteiger partial charge is 0.350 e. The molecule has 0 spiro atoms. The minimum atomic E-state index is 0.0193. The van der Waals surface area contributed by atoms with E-state index in [4.69, 9.17) is 0 Å². The molecule has 1 amide bonds. The molecule has 1 unspecified atom stereocenters. The van der Waals surface area contributed by atoms with Gasteiger partial charge < -0.3 is 5.32 Å². The predicted molar refractivity (Wildman–Crippen MR) is 82.9 cm³/mol. The third-order valence-corrected chi connectivity index (χ3v) is 3.49. The van der Waals surface area contributed by atoms with E-state index in [9.17, 15) is 4.79 Å². The molecule has 0 fully saturated rings. The highest BCUT2D eigenvalue weighted by molar-refractivity contribution is 5.95. The molecule has 0 aliphatic carbocycles. The van der Waals surface area contributed by atoms with Crippen molar-refractivity contribution < 1.29 is 4.79 Å². The lowest BCUT2D eigenvalue weighted by atomic mass is 9.99. The Kier molecular flexibility index (Phi) is 4.94. The van der Waals surface area contributed by atoms with E-state index in [2.05, 4.69) is 24.4 Å². The van der Waals surface area contributed by atoms with Crippen LogP contribution in [0.2, 0.25) is 0 Å². The van der Waals surface area contributed by atoms with Crippen molar-refractivity contribution >= 4 is 5.91 Å². The summed E-state index contributed by atoms with van der Waals surface area (Å²) >= 11 is 0. The van der Waals surface area contributed by atoms with Crippen LogP contribution in [0.5, 0.6) is 0 Å². The van der Waals surface area contributed by atoms with Gasteiger partial charge in [-0.1, -0.05) is 55.5 Å². The smallest absolute Gasteiger partial charge is 0.251 e. The van der Waals surface area contributed by atoms with Gasteiger partial charge in [-0.25, -0.2) is 0 Å². The molecule has 0 aliphatic rings. The zero-order chi connectivity index (χ0) is 14.4. The maximum Gasteiger partial charge on any atom is 0.251 e. The summed E-state index contributed by atoms with van der Waals surface area (Å²) in [5.74, 6) is 0.0193. The minimum Gasteiger partial charge on any atom is -0.350 e. The van der Waals surface area contributed by atoms with Crippen LogP contribution < -0.4 is 5.32 Å². The zero-order valence-corrected chi connectivity index (χ0v) is 12.1. The lowest BCUT2D eigenvalue weighted by Crippen LogP contribution is -2.32. The summed E-state index contributed by atoms with van der Waals surface area (Å²) in [6.45, 7) is 4.10. The van der Waals surface area contributed by atoms with Gasteiger partial charge in [-0.2, -0.15) is 0 Å². The van der Waals surface area contributed by atoms with Crippen LogP contribution in [-0.2, 0) is 6.42 Å². The highest BCUT2D eigenvalue weighted by Crippen LogP contribution is 2.14. The number of hydrogen-bond acceptors (Lipinski definition) is 1. The fourth-order valence-corrected chi connectivity index (χ4v) is 2.12. The van der Waals surface area contributed by atoms with E-state index in [1.54, 1.807) is 0 Å². The molecule has 2 nitrogen and oxygen atoms in total. The summed E-state index contributed by atoms with van der Waals surface area (Å²) in [5, 5.41) is 3.03. The summed E-state index contributed by atoms with van der Waals surface area (Å²) in [6.07, 6.45) is 1.72. The molecule has 2 aromatic rings. The van der Waals surface area contributed by atoms with Gasteiger partial charge >= 0.3 is 0 Å². The number of rotatable bonds is 5. The number of hydrogen-bond donors (Lipinski definition) is 1. The Balaban J connectivity index is 2.20. The van der Waals surface area contributed by atoms with Crippen LogP contribution in [0, 0.1) is 0 Å². The average molecular weight is 267 g/mol. The fraction of sp³-hybridized carbons (Fsp3) is 0.278. The second kappa shape index (κ2) is 6.90. The molecule has 2 rings (SSSR count). The summed E-state index contributed by atoms with van der Waals surface area (Å²) in [6, 6.07) is 18.3. The zero-order valence-electron chi connectivity index (χ0n) is 12.1. The number of carbonyl (C=O) groups excluding carboxylic acids is 1. The van der Waals surface area contributed by atoms with Gasteiger partial charge in [-0.15, -0.1) is 0 Å². The highest BCUT2D eigenvalue weighted by atomic mass is 16.1. The molecule has 1 N–H and O–H groups in total. The van der Waals surface area contributed by atoms with Crippen molar-refractivity contribution in [2.24, 2.45) is 0 Å². The van der Waals surface area contributed by atoms with Crippen molar-refractivity contribution in [3.63, 3.8) is 0 Å². The topological polar surface area (TPSA) is 29.1 Å². The van der Waals surface area contributed by atoms with E-state index in [-0.39, 0.29) is 11.9 Å². The number of carbonyl (C=O) groups is 1. The Morgan fingerprint density at radius 1 is 1.05 bits per heavy atom. The molecular weight excluding hydrogens is 246 g/mol. The molecule has 0 radical (unpaired) electrons. The van der Waals surface area contributed by atoms with Gasteiger partial charge in [-0.3, -0.25) is 4.79 Å². The Bertz CT molecular complexity index is 563. The summed E-state index contributed by atoms with van der Waals surface area (Å²) < 4.78 is 0. The first-order chi connectivity index (χ1) is 9.70. The van der Waals surface area contributed by atoms with Crippen LogP contribution in [0.1, 0.15) is 41.8 Å². The van der Waals surface area contributed by atoms with E-state index in [1.165, 1.54) is 5.56 Å². The normalized spacial score (nSPS) is 11.9. The standard InChI is InChI=1S/C18H21NO/c1-3-14(2)19-18(20)17-12-8-7-11-16(17)13-15-9-5-4-6-10-15/h4-12,14H,3,13H2,1-2H3,(H,19,20). The summed E-state index contributed by atoms with van der Waals surface area (Å²) in [4.78, 5) is 12.3. The van der Waals surface area contributed by atoms with Gasteiger partial charge in [0.05, 0.1) is 0 Å². The van der Waals surface area contributed by atoms with Gasteiger partial charge in [0, 0.05) is 11.6 Å². The van der Waals surface area contributed by atoms with Crippen molar-refractivity contribution in [3.05, 3.63) is 71.3 Å². The molecule has 1 atom stereocenters. The van der Waals surface area contributed by atoms with Gasteiger partial charge in [0.1, 0.15) is 0 Å². The van der Waals surface area contributed by atoms with E-state index in [0.29, 0.717) is 0 Å². The second-order valence-electron chi connectivity index (χ2n) is 5.10. The molecule has 0 aromatic heterocycles. The first-order valence-corrected chi connectivity index (χ1v) is 7.13. The van der Waals surface area contributed by atoms with Crippen molar-refractivity contribution in [1.29, 1.82) is 0 Å². The molecule has 0 heterocycles. The minimum absolute atomic E-state index is 0.0193. The highest BCUT2D eigenvalue weighted by Gasteiger charge is 2.12. The maximum absolute atomic E-state index is 12.3. The molecule has 0 saturated carbocycles. The first kappa shape index (κ1) is 14.3. The van der Waals surface area contributed by atoms with Crippen LogP contribution in [0.25, 0.3) is 0 Å². The molecule has 2 heteroatoms. The molecular formula is C18H21NO. The fourth-order valence-electron chi connectivity index (χ4n) is 2.12. The summed E-state index contributed by atoms with van der Waals surface area (Å²) in [5.41, 5.74) is 3.06. The van der Waals surface area contributed by atoms with Gasteiger partial charge in [0.25, 0.3) is 5.91 Å². The Labute approximate surface area is 120 Å². The Hall–Kier alpha value is -2.09. The first-order valence-electron chi connectivity index (χ1n) is 7.13. The number of amides is 1. The van der Waals surface area contributed by atoms with E-state index in [0.717, 1.165) is 24.0 Å². The predicted octanol–water partition coefficient (Wildman–Crippen LogP) is 3.81. The third-order valence-electron chi connectivity index (χ3n) is 3.49. The average Bonchev–Trinajstić information content (AvgIpc) is 2.48. The third kappa shape index (κ3) is 3.70. The van der Waals surface area contributed by atoms with Crippen molar-refractivity contribution in [2.45, 2.75) is 32.7 Å². The van der Waals surface area contributed by atoms with Crippen LogP contribution in [0.15, 0.2) is 54.6 Å². The van der Waals surface area contributed by atoms with E-state index in [1.807, 2.05) is 49.4 Å². The maximum atomic E-state index is 12.3. The van der Waals surface area contributed by atoms with Crippen LogP contribution in [-0.4, -0.2) is 11.9 Å². The molecule has 0 bridgehead atoms. The molecule has 2 aromatic carbocycles. The summed E-state index contributed by atoms with van der Waals surface area (Å²) in [7, 11) is 0. The van der Waals surface area contributed by atoms with Crippen molar-refractivity contribution in [1.82, 2.24) is 5.32 Å². The van der Waals surface area contributed by atoms with Crippen LogP contribution in [0.4, 0.5) is 0 Å².